The van der Waals surface area contributed by atoms with E-state index in [0.29, 0.717) is 18.8 Å². The first-order valence-corrected chi connectivity index (χ1v) is 7.85. The molecule has 2 N–H and O–H groups in total. The van der Waals surface area contributed by atoms with Gasteiger partial charge in [0.25, 0.3) is 5.91 Å². The number of anilines is 1. The van der Waals surface area contributed by atoms with E-state index >= 15 is 0 Å². The Balaban J connectivity index is 1.53. The summed E-state index contributed by atoms with van der Waals surface area (Å²) in [7, 11) is 0. The highest BCUT2D eigenvalue weighted by molar-refractivity contribution is 5.90. The Bertz CT molecular complexity index is 574. The average molecular weight is 321 g/mol. The Morgan fingerprint density at radius 3 is 2.61 bits per heavy atom. The summed E-state index contributed by atoms with van der Waals surface area (Å²) in [5.41, 5.74) is 0.512. The smallest absolute Gasteiger partial charge is 0.322 e. The van der Waals surface area contributed by atoms with Gasteiger partial charge in [0.05, 0.1) is 13.2 Å². The molecule has 1 aromatic carbocycles. The molecule has 0 bridgehead atoms. The standard InChI is InChI=1S/C16H20FN3O3/c17-11-4-6-13(7-5-11)19-16(22)20-8-9-23-14(10-20)15(21)18-12-2-1-3-12/h4-7,12,14H,1-3,8-10H2,(H,18,21)(H,19,22). The third kappa shape index (κ3) is 3.98. The maximum atomic E-state index is 12.9. The van der Waals surface area contributed by atoms with Gasteiger partial charge in [-0.25, -0.2) is 9.18 Å². The molecule has 1 aliphatic heterocycles. The first-order chi connectivity index (χ1) is 11.1. The number of carbonyl (C=O) groups excluding carboxylic acids is 2. The number of carbonyl (C=O) groups is 2. The molecule has 1 atom stereocenters. The Kier molecular flexibility index (Phi) is 4.76. The van der Waals surface area contributed by atoms with Crippen molar-refractivity contribution >= 4 is 17.6 Å². The highest BCUT2D eigenvalue weighted by atomic mass is 19.1. The molecule has 124 valence electrons. The van der Waals surface area contributed by atoms with Gasteiger partial charge in [-0.15, -0.1) is 0 Å². The molecule has 1 aromatic rings. The average Bonchev–Trinajstić information content (AvgIpc) is 2.53. The first-order valence-electron chi connectivity index (χ1n) is 7.85. The van der Waals surface area contributed by atoms with E-state index in [-0.39, 0.29) is 30.3 Å². The van der Waals surface area contributed by atoms with E-state index in [2.05, 4.69) is 10.6 Å². The SMILES string of the molecule is O=C(NC1CCC1)C1CN(C(=O)Nc2ccc(F)cc2)CCO1. The number of nitrogens with one attached hydrogen (secondary N) is 2. The van der Waals surface area contributed by atoms with Crippen LogP contribution in [0.15, 0.2) is 24.3 Å². The lowest BCUT2D eigenvalue weighted by atomic mass is 9.93. The van der Waals surface area contributed by atoms with E-state index in [1.165, 1.54) is 29.2 Å². The second-order valence-corrected chi connectivity index (χ2v) is 5.88. The normalized spacial score (nSPS) is 21.4. The maximum Gasteiger partial charge on any atom is 0.322 e. The molecule has 3 amide bonds. The number of ether oxygens (including phenoxy) is 1. The molecule has 1 saturated heterocycles. The number of hydrogen-bond acceptors (Lipinski definition) is 3. The van der Waals surface area contributed by atoms with Crippen molar-refractivity contribution in [1.29, 1.82) is 0 Å². The quantitative estimate of drug-likeness (QED) is 0.891. The number of nitrogens with zero attached hydrogens (tertiary/aromatic N) is 1. The molecule has 2 fully saturated rings. The zero-order chi connectivity index (χ0) is 16.2. The summed E-state index contributed by atoms with van der Waals surface area (Å²) in [4.78, 5) is 25.9. The molecular weight excluding hydrogens is 301 g/mol. The summed E-state index contributed by atoms with van der Waals surface area (Å²) >= 11 is 0. The second-order valence-electron chi connectivity index (χ2n) is 5.88. The molecular formula is C16H20FN3O3. The molecule has 3 rings (SSSR count). The predicted octanol–water partition coefficient (Wildman–Crippen LogP) is 1.73. The number of morpholine rings is 1. The zero-order valence-electron chi connectivity index (χ0n) is 12.8. The summed E-state index contributed by atoms with van der Waals surface area (Å²) in [6.07, 6.45) is 2.52. The van der Waals surface area contributed by atoms with E-state index in [4.69, 9.17) is 4.74 Å². The van der Waals surface area contributed by atoms with Gasteiger partial charge in [0.1, 0.15) is 5.82 Å². The van der Waals surface area contributed by atoms with Crippen molar-refractivity contribution in [3.8, 4) is 0 Å². The molecule has 0 spiro atoms. The molecule has 7 heteroatoms. The highest BCUT2D eigenvalue weighted by Gasteiger charge is 2.31. The van der Waals surface area contributed by atoms with Crippen molar-refractivity contribution in [2.75, 3.05) is 25.0 Å². The van der Waals surface area contributed by atoms with Crippen LogP contribution in [0.3, 0.4) is 0 Å². The molecule has 6 nitrogen and oxygen atoms in total. The molecule has 0 aromatic heterocycles. The van der Waals surface area contributed by atoms with Crippen molar-refractivity contribution in [3.63, 3.8) is 0 Å². The maximum absolute atomic E-state index is 12.9. The molecule has 1 saturated carbocycles. The predicted molar refractivity (Wildman–Crippen MR) is 82.5 cm³/mol. The van der Waals surface area contributed by atoms with Crippen LogP contribution < -0.4 is 10.6 Å². The lowest BCUT2D eigenvalue weighted by Gasteiger charge is -2.34. The summed E-state index contributed by atoms with van der Waals surface area (Å²) in [5.74, 6) is -0.518. The van der Waals surface area contributed by atoms with Crippen LogP contribution in [-0.4, -0.2) is 48.7 Å². The van der Waals surface area contributed by atoms with Gasteiger partial charge < -0.3 is 20.3 Å². The van der Waals surface area contributed by atoms with Crippen LogP contribution in [0.25, 0.3) is 0 Å². The Hall–Kier alpha value is -2.15. The number of halogens is 1. The summed E-state index contributed by atoms with van der Waals surface area (Å²) in [6, 6.07) is 5.48. The molecule has 23 heavy (non-hydrogen) atoms. The van der Waals surface area contributed by atoms with Crippen molar-refractivity contribution in [2.24, 2.45) is 0 Å². The van der Waals surface area contributed by atoms with Gasteiger partial charge >= 0.3 is 6.03 Å². The number of urea groups is 1. The van der Waals surface area contributed by atoms with Gasteiger partial charge in [0.2, 0.25) is 0 Å². The second kappa shape index (κ2) is 6.95. The van der Waals surface area contributed by atoms with Gasteiger partial charge in [0.15, 0.2) is 6.10 Å². The Morgan fingerprint density at radius 1 is 1.22 bits per heavy atom. The van der Waals surface area contributed by atoms with E-state index in [1.807, 2.05) is 0 Å². The minimum absolute atomic E-state index is 0.158. The fraction of sp³-hybridized carbons (Fsp3) is 0.500. The fourth-order valence-electron chi connectivity index (χ4n) is 2.57. The molecule has 1 unspecified atom stereocenters. The van der Waals surface area contributed by atoms with E-state index < -0.39 is 6.10 Å². The van der Waals surface area contributed by atoms with Crippen LogP contribution in [0, 0.1) is 5.82 Å². The monoisotopic (exact) mass is 321 g/mol. The Labute approximate surface area is 134 Å². The highest BCUT2D eigenvalue weighted by Crippen LogP contribution is 2.19. The van der Waals surface area contributed by atoms with Crippen LogP contribution >= 0.6 is 0 Å². The number of benzene rings is 1. The van der Waals surface area contributed by atoms with E-state index in [1.54, 1.807) is 0 Å². The molecule has 1 aliphatic carbocycles. The summed E-state index contributed by atoms with van der Waals surface area (Å²) in [6.45, 7) is 0.950. The number of hydrogen-bond donors (Lipinski definition) is 2. The lowest BCUT2D eigenvalue weighted by Crippen LogP contribution is -2.54. The van der Waals surface area contributed by atoms with Gasteiger partial charge in [-0.05, 0) is 43.5 Å². The van der Waals surface area contributed by atoms with E-state index in [0.717, 1.165) is 19.3 Å². The van der Waals surface area contributed by atoms with Crippen molar-refractivity contribution < 1.29 is 18.7 Å². The Morgan fingerprint density at radius 2 is 1.96 bits per heavy atom. The number of rotatable bonds is 3. The van der Waals surface area contributed by atoms with Crippen molar-refractivity contribution in [1.82, 2.24) is 10.2 Å². The van der Waals surface area contributed by atoms with Crippen LogP contribution in [-0.2, 0) is 9.53 Å². The van der Waals surface area contributed by atoms with Crippen molar-refractivity contribution in [3.05, 3.63) is 30.1 Å². The van der Waals surface area contributed by atoms with Gasteiger partial charge in [0, 0.05) is 18.3 Å². The van der Waals surface area contributed by atoms with Crippen molar-refractivity contribution in [2.45, 2.75) is 31.4 Å². The van der Waals surface area contributed by atoms with Crippen LogP contribution in [0.5, 0.6) is 0 Å². The zero-order valence-corrected chi connectivity index (χ0v) is 12.8. The lowest BCUT2D eigenvalue weighted by molar-refractivity contribution is -0.138. The number of amides is 3. The fourth-order valence-corrected chi connectivity index (χ4v) is 2.57. The third-order valence-corrected chi connectivity index (χ3v) is 4.19. The van der Waals surface area contributed by atoms with Gasteiger partial charge in [-0.2, -0.15) is 0 Å². The molecule has 1 heterocycles. The molecule has 2 aliphatic rings. The summed E-state index contributed by atoms with van der Waals surface area (Å²) < 4.78 is 18.3. The minimum atomic E-state index is -0.636. The first kappa shape index (κ1) is 15.7. The minimum Gasteiger partial charge on any atom is -0.365 e. The van der Waals surface area contributed by atoms with Gasteiger partial charge in [-0.1, -0.05) is 0 Å². The van der Waals surface area contributed by atoms with Crippen LogP contribution in [0.2, 0.25) is 0 Å². The van der Waals surface area contributed by atoms with Gasteiger partial charge in [-0.3, -0.25) is 4.79 Å². The largest absolute Gasteiger partial charge is 0.365 e. The third-order valence-electron chi connectivity index (χ3n) is 4.19. The molecule has 0 radical (unpaired) electrons. The summed E-state index contributed by atoms with van der Waals surface area (Å²) in [5, 5.41) is 5.63. The van der Waals surface area contributed by atoms with E-state index in [9.17, 15) is 14.0 Å². The topological polar surface area (TPSA) is 70.7 Å². The van der Waals surface area contributed by atoms with Crippen LogP contribution in [0.4, 0.5) is 14.9 Å². The van der Waals surface area contributed by atoms with Crippen LogP contribution in [0.1, 0.15) is 19.3 Å².